The second kappa shape index (κ2) is 4.29. The van der Waals surface area contributed by atoms with Crippen LogP contribution in [0.25, 0.3) is 0 Å². The number of carbonyl (C=O) groups is 1. The standard InChI is InChI=1S/C15H10O9/c16-7-4-10(19)12-11(5-7)22-15(14(21,13(12)20)23-24-15)6-1-2-8(17)9(18)3-6/h1-5,16-19,21H. The Morgan fingerprint density at radius 2 is 1.62 bits per heavy atom. The Hall–Kier alpha value is -3.01. The Labute approximate surface area is 133 Å². The van der Waals surface area contributed by atoms with Gasteiger partial charge in [0.05, 0.1) is 0 Å². The van der Waals surface area contributed by atoms with Gasteiger partial charge in [0.1, 0.15) is 22.8 Å². The molecule has 0 aromatic heterocycles. The van der Waals surface area contributed by atoms with E-state index >= 15 is 0 Å². The summed E-state index contributed by atoms with van der Waals surface area (Å²) in [7, 11) is 0. The summed E-state index contributed by atoms with van der Waals surface area (Å²) in [6.45, 7) is 0. The minimum Gasteiger partial charge on any atom is -0.508 e. The van der Waals surface area contributed by atoms with E-state index in [2.05, 4.69) is 4.89 Å². The number of ketones is 1. The number of ether oxygens (including phenoxy) is 1. The molecule has 4 rings (SSSR count). The molecular formula is C15H10O9. The highest BCUT2D eigenvalue weighted by Crippen LogP contribution is 2.56. The highest BCUT2D eigenvalue weighted by atomic mass is 17.3. The summed E-state index contributed by atoms with van der Waals surface area (Å²) < 4.78 is 5.50. The normalized spacial score (nSPS) is 27.6. The first-order valence-corrected chi connectivity index (χ1v) is 6.70. The molecule has 1 saturated heterocycles. The van der Waals surface area contributed by atoms with Gasteiger partial charge in [-0.25, -0.2) is 0 Å². The van der Waals surface area contributed by atoms with Crippen LogP contribution in [0.4, 0.5) is 0 Å². The molecule has 2 unspecified atom stereocenters. The van der Waals surface area contributed by atoms with Crippen molar-refractivity contribution < 1.29 is 44.8 Å². The van der Waals surface area contributed by atoms with Crippen molar-refractivity contribution in [3.63, 3.8) is 0 Å². The second-order valence-electron chi connectivity index (χ2n) is 5.40. The molecule has 2 aliphatic rings. The highest BCUT2D eigenvalue weighted by molar-refractivity contribution is 6.08. The first-order valence-electron chi connectivity index (χ1n) is 6.70. The Kier molecular flexibility index (Phi) is 2.61. The molecule has 0 amide bonds. The molecule has 2 aliphatic heterocycles. The van der Waals surface area contributed by atoms with Crippen LogP contribution in [0, 0.1) is 0 Å². The fourth-order valence-corrected chi connectivity index (χ4v) is 2.72. The van der Waals surface area contributed by atoms with Gasteiger partial charge in [0, 0.05) is 17.7 Å². The number of rotatable bonds is 1. The summed E-state index contributed by atoms with van der Waals surface area (Å²) in [5, 5.41) is 49.0. The lowest BCUT2D eigenvalue weighted by Gasteiger charge is -2.52. The fraction of sp³-hybridized carbons (Fsp3) is 0.133. The van der Waals surface area contributed by atoms with E-state index in [9.17, 15) is 30.3 Å². The van der Waals surface area contributed by atoms with Crippen LogP contribution in [0.15, 0.2) is 30.3 Å². The predicted octanol–water partition coefficient (Wildman–Crippen LogP) is 0.587. The molecular weight excluding hydrogens is 324 g/mol. The number of hydrogen-bond acceptors (Lipinski definition) is 9. The number of aliphatic hydroxyl groups is 1. The third-order valence-electron chi connectivity index (χ3n) is 3.94. The lowest BCUT2D eigenvalue weighted by atomic mass is 9.85. The molecule has 9 nitrogen and oxygen atoms in total. The Balaban J connectivity index is 1.94. The van der Waals surface area contributed by atoms with Gasteiger partial charge in [-0.1, -0.05) is 0 Å². The predicted molar refractivity (Wildman–Crippen MR) is 73.3 cm³/mol. The zero-order chi connectivity index (χ0) is 17.3. The van der Waals surface area contributed by atoms with Crippen molar-refractivity contribution in [2.24, 2.45) is 0 Å². The van der Waals surface area contributed by atoms with E-state index in [-0.39, 0.29) is 17.1 Å². The van der Waals surface area contributed by atoms with Gasteiger partial charge < -0.3 is 30.3 Å². The summed E-state index contributed by atoms with van der Waals surface area (Å²) in [6.07, 6.45) is 0. The number of phenolic OH excluding ortho intramolecular Hbond substituents is 4. The maximum absolute atomic E-state index is 12.6. The van der Waals surface area contributed by atoms with Crippen LogP contribution in [0.3, 0.4) is 0 Å². The number of phenols is 4. The number of fused-ring (bicyclic) bond motifs is 2. The van der Waals surface area contributed by atoms with E-state index in [1.807, 2.05) is 0 Å². The van der Waals surface area contributed by atoms with Crippen LogP contribution in [0.5, 0.6) is 28.7 Å². The molecule has 0 aliphatic carbocycles. The molecule has 124 valence electrons. The van der Waals surface area contributed by atoms with Crippen LogP contribution in [-0.2, 0) is 15.6 Å². The molecule has 0 spiro atoms. The van der Waals surface area contributed by atoms with Crippen molar-refractivity contribution in [1.82, 2.24) is 0 Å². The van der Waals surface area contributed by atoms with E-state index in [4.69, 9.17) is 9.62 Å². The third kappa shape index (κ3) is 1.55. The molecule has 2 aromatic carbocycles. The van der Waals surface area contributed by atoms with Crippen LogP contribution < -0.4 is 4.74 Å². The largest absolute Gasteiger partial charge is 0.508 e. The van der Waals surface area contributed by atoms with Gasteiger partial charge in [0.15, 0.2) is 11.5 Å². The third-order valence-corrected chi connectivity index (χ3v) is 3.94. The van der Waals surface area contributed by atoms with Gasteiger partial charge in [-0.05, 0) is 18.2 Å². The average molecular weight is 334 g/mol. The number of aromatic hydroxyl groups is 4. The average Bonchev–Trinajstić information content (AvgIpc) is 2.51. The van der Waals surface area contributed by atoms with Gasteiger partial charge in [-0.3, -0.25) is 4.79 Å². The van der Waals surface area contributed by atoms with E-state index in [0.717, 1.165) is 24.3 Å². The fourth-order valence-electron chi connectivity index (χ4n) is 2.72. The monoisotopic (exact) mass is 334 g/mol. The van der Waals surface area contributed by atoms with Gasteiger partial charge in [0.25, 0.3) is 0 Å². The molecule has 0 bridgehead atoms. The van der Waals surface area contributed by atoms with Crippen LogP contribution in [0.1, 0.15) is 15.9 Å². The van der Waals surface area contributed by atoms with Crippen molar-refractivity contribution >= 4 is 5.78 Å². The zero-order valence-electron chi connectivity index (χ0n) is 11.8. The molecule has 5 N–H and O–H groups in total. The molecule has 0 radical (unpaired) electrons. The smallest absolute Gasteiger partial charge is 0.336 e. The lowest BCUT2D eigenvalue weighted by molar-refractivity contribution is -0.635. The van der Waals surface area contributed by atoms with Crippen LogP contribution in [-0.4, -0.2) is 37.1 Å². The van der Waals surface area contributed by atoms with Gasteiger partial charge in [-0.15, -0.1) is 0 Å². The van der Waals surface area contributed by atoms with Crippen LogP contribution in [0.2, 0.25) is 0 Å². The van der Waals surface area contributed by atoms with Gasteiger partial charge in [-0.2, -0.15) is 9.78 Å². The van der Waals surface area contributed by atoms with Crippen molar-refractivity contribution in [2.75, 3.05) is 0 Å². The number of carbonyl (C=O) groups excluding carboxylic acids is 1. The summed E-state index contributed by atoms with van der Waals surface area (Å²) in [5.41, 5.74) is -0.425. The van der Waals surface area contributed by atoms with E-state index in [0.29, 0.717) is 0 Å². The highest BCUT2D eigenvalue weighted by Gasteiger charge is 2.75. The summed E-state index contributed by atoms with van der Waals surface area (Å²) >= 11 is 0. The summed E-state index contributed by atoms with van der Waals surface area (Å²) in [5.74, 6) is -8.08. The summed E-state index contributed by atoms with van der Waals surface area (Å²) in [4.78, 5) is 22.0. The Morgan fingerprint density at radius 1 is 0.875 bits per heavy atom. The zero-order valence-corrected chi connectivity index (χ0v) is 11.8. The van der Waals surface area contributed by atoms with Gasteiger partial charge in [0.2, 0.25) is 5.78 Å². The molecule has 1 fully saturated rings. The lowest BCUT2D eigenvalue weighted by Crippen LogP contribution is -2.73. The molecule has 2 heterocycles. The molecule has 0 saturated carbocycles. The van der Waals surface area contributed by atoms with Crippen molar-refractivity contribution in [2.45, 2.75) is 11.6 Å². The van der Waals surface area contributed by atoms with Crippen molar-refractivity contribution in [3.8, 4) is 28.7 Å². The molecule has 2 aromatic rings. The first kappa shape index (κ1) is 14.6. The van der Waals surface area contributed by atoms with Crippen molar-refractivity contribution in [1.29, 1.82) is 0 Å². The SMILES string of the molecule is O=C1c2c(O)cc(O)cc2OC2(c3ccc(O)c(O)c3)OOC12O. The van der Waals surface area contributed by atoms with E-state index in [1.165, 1.54) is 6.07 Å². The maximum Gasteiger partial charge on any atom is 0.336 e. The number of benzene rings is 2. The van der Waals surface area contributed by atoms with E-state index in [1.54, 1.807) is 0 Å². The Morgan fingerprint density at radius 3 is 2.25 bits per heavy atom. The first-order chi connectivity index (χ1) is 11.3. The van der Waals surface area contributed by atoms with Gasteiger partial charge >= 0.3 is 11.6 Å². The quantitative estimate of drug-likeness (QED) is 0.373. The summed E-state index contributed by atoms with van der Waals surface area (Å²) in [6, 6.07) is 5.32. The second-order valence-corrected chi connectivity index (χ2v) is 5.40. The number of hydrogen-bond donors (Lipinski definition) is 5. The topological polar surface area (TPSA) is 146 Å². The Bertz CT molecular complexity index is 893. The molecule has 24 heavy (non-hydrogen) atoms. The van der Waals surface area contributed by atoms with Crippen molar-refractivity contribution in [3.05, 3.63) is 41.5 Å². The molecule has 9 heteroatoms. The van der Waals surface area contributed by atoms with Crippen LogP contribution >= 0.6 is 0 Å². The maximum atomic E-state index is 12.6. The minimum atomic E-state index is -2.63. The van der Waals surface area contributed by atoms with E-state index < -0.39 is 40.2 Å². The number of Topliss-reactive ketones (excluding diaryl/α,β-unsaturated/α-hetero) is 1. The molecule has 2 atom stereocenters. The minimum absolute atomic E-state index is 0.0339.